The van der Waals surface area contributed by atoms with Gasteiger partial charge in [0, 0.05) is 49.4 Å². The molecular formula is C45H43F2N5O11. The molecular weight excluding hydrogens is 825 g/mol. The predicted octanol–water partition coefficient (Wildman–Crippen LogP) is 3.74. The van der Waals surface area contributed by atoms with Gasteiger partial charge in [-0.05, 0) is 55.3 Å². The minimum Gasteiger partial charge on any atom is -0.377 e. The Kier molecular flexibility index (Phi) is 14.8. The topological polar surface area (TPSA) is 207 Å². The summed E-state index contributed by atoms with van der Waals surface area (Å²) in [5.41, 5.74) is 1.45. The summed E-state index contributed by atoms with van der Waals surface area (Å²) in [5.74, 6) is -2.88. The first-order valence-corrected chi connectivity index (χ1v) is 20.0. The molecule has 6 rings (SSSR count). The lowest BCUT2D eigenvalue weighted by Crippen LogP contribution is -2.54. The molecule has 0 aliphatic carbocycles. The van der Waals surface area contributed by atoms with Crippen LogP contribution in [0.5, 0.6) is 0 Å². The SMILES string of the molecule is CC1=NN(c2cccc(C#CCCC(=O)COCCOCCOCC(=O)Cc3cccc4c3C(=O)N(C3CCC(=O)NC3=O)C4=O)c2)C(=O)C1C(=O)Nc1cccc(C(C)(F)F)c1. The van der Waals surface area contributed by atoms with E-state index in [2.05, 4.69) is 27.6 Å². The van der Waals surface area contributed by atoms with Crippen molar-refractivity contribution in [1.82, 2.24) is 10.2 Å². The fourth-order valence-electron chi connectivity index (χ4n) is 7.00. The number of nitrogens with zero attached hydrogens (tertiary/aromatic N) is 3. The van der Waals surface area contributed by atoms with Crippen LogP contribution in [-0.4, -0.2) is 103 Å². The number of carbonyl (C=O) groups excluding carboxylic acids is 8. The minimum absolute atomic E-state index is 0.00599. The van der Waals surface area contributed by atoms with Crippen LogP contribution in [0, 0.1) is 17.8 Å². The van der Waals surface area contributed by atoms with Crippen molar-refractivity contribution in [3.8, 4) is 11.8 Å². The third-order valence-electron chi connectivity index (χ3n) is 10.1. The maximum absolute atomic E-state index is 13.8. The Morgan fingerprint density at radius 2 is 1.59 bits per heavy atom. The highest BCUT2D eigenvalue weighted by Crippen LogP contribution is 2.32. The molecule has 16 nitrogen and oxygen atoms in total. The first-order valence-electron chi connectivity index (χ1n) is 20.0. The molecule has 3 aromatic carbocycles. The van der Waals surface area contributed by atoms with E-state index in [0.29, 0.717) is 16.8 Å². The number of rotatable bonds is 19. The van der Waals surface area contributed by atoms with Gasteiger partial charge in [-0.2, -0.15) is 10.1 Å². The highest BCUT2D eigenvalue weighted by molar-refractivity contribution is 6.29. The lowest BCUT2D eigenvalue weighted by Gasteiger charge is -2.27. The second kappa shape index (κ2) is 20.4. The number of amides is 6. The van der Waals surface area contributed by atoms with Crippen molar-refractivity contribution in [1.29, 1.82) is 0 Å². The number of ether oxygens (including phenoxy) is 3. The van der Waals surface area contributed by atoms with Gasteiger partial charge in [0.2, 0.25) is 17.7 Å². The summed E-state index contributed by atoms with van der Waals surface area (Å²) >= 11 is 0. The fraction of sp³-hybridized carbons (Fsp3) is 0.356. The summed E-state index contributed by atoms with van der Waals surface area (Å²) in [6, 6.07) is 15.3. The Morgan fingerprint density at radius 3 is 2.32 bits per heavy atom. The van der Waals surface area contributed by atoms with Crippen LogP contribution in [0.15, 0.2) is 71.8 Å². The van der Waals surface area contributed by atoms with E-state index in [9.17, 15) is 47.1 Å². The first kappa shape index (κ1) is 45.7. The molecule has 2 atom stereocenters. The largest absolute Gasteiger partial charge is 0.377 e. The van der Waals surface area contributed by atoms with Crippen molar-refractivity contribution in [3.05, 3.63) is 94.5 Å². The van der Waals surface area contributed by atoms with Gasteiger partial charge in [0.25, 0.3) is 23.6 Å². The van der Waals surface area contributed by atoms with Gasteiger partial charge in [0.1, 0.15) is 19.3 Å². The number of nitrogens with one attached hydrogen (secondary N) is 2. The highest BCUT2D eigenvalue weighted by Gasteiger charge is 2.45. The third kappa shape index (κ3) is 11.4. The normalized spacial score (nSPS) is 17.3. The van der Waals surface area contributed by atoms with Crippen molar-refractivity contribution >= 4 is 64.1 Å². The van der Waals surface area contributed by atoms with Gasteiger partial charge in [-0.15, -0.1) is 0 Å². The average Bonchev–Trinajstić information content (AvgIpc) is 3.68. The zero-order chi connectivity index (χ0) is 45.3. The summed E-state index contributed by atoms with van der Waals surface area (Å²) in [4.78, 5) is 102. The minimum atomic E-state index is -3.11. The van der Waals surface area contributed by atoms with Gasteiger partial charge in [-0.25, -0.2) is 8.78 Å². The van der Waals surface area contributed by atoms with Gasteiger partial charge in [0.05, 0.1) is 49.0 Å². The molecule has 18 heteroatoms. The molecule has 0 bridgehead atoms. The molecule has 3 aromatic rings. The van der Waals surface area contributed by atoms with Crippen LogP contribution in [0.25, 0.3) is 0 Å². The number of alkyl halides is 2. The van der Waals surface area contributed by atoms with Crippen molar-refractivity contribution in [2.45, 2.75) is 57.9 Å². The number of Topliss-reactive ketones (excluding diaryl/α,β-unsaturated/α-hetero) is 2. The Bertz CT molecular complexity index is 2440. The summed E-state index contributed by atoms with van der Waals surface area (Å²) in [5, 5.41) is 10.0. The summed E-state index contributed by atoms with van der Waals surface area (Å²) < 4.78 is 43.8. The number of hydrazone groups is 1. The molecule has 0 aromatic heterocycles. The van der Waals surface area contributed by atoms with E-state index in [4.69, 9.17) is 14.2 Å². The Hall–Kier alpha value is -6.81. The van der Waals surface area contributed by atoms with Crippen LogP contribution < -0.4 is 15.6 Å². The van der Waals surface area contributed by atoms with Crippen LogP contribution >= 0.6 is 0 Å². The molecule has 63 heavy (non-hydrogen) atoms. The quantitative estimate of drug-likeness (QED) is 0.0768. The van der Waals surface area contributed by atoms with Crippen LogP contribution in [-0.2, 0) is 55.3 Å². The fourth-order valence-corrected chi connectivity index (χ4v) is 7.00. The number of imide groups is 2. The summed E-state index contributed by atoms with van der Waals surface area (Å²) in [6.45, 7) is 2.38. The standard InChI is InChI=1S/C45H43F2N5O11/c1-27-38(41(57)48-31-12-7-11-30(24-31)45(2,46)47)44(60)52(50-27)32-13-5-9-28(22-32)8-3-4-14-33(53)25-62-20-18-61-19-21-63-26-34(54)23-29-10-6-15-35-39(29)43(59)51(42(35)58)36-16-17-37(55)49-40(36)56/h5-7,9-13,15,22,24,36,38H,4,14,16-21,23,25-26H2,1-2H3,(H,48,57)(H,49,55,56). The van der Waals surface area contributed by atoms with Crippen molar-refractivity contribution in [2.75, 3.05) is 50.0 Å². The van der Waals surface area contributed by atoms with Crippen molar-refractivity contribution in [3.63, 3.8) is 0 Å². The molecule has 1 saturated heterocycles. The molecule has 0 spiro atoms. The molecule has 1 fully saturated rings. The van der Waals surface area contributed by atoms with E-state index in [1.165, 1.54) is 31.2 Å². The predicted molar refractivity (Wildman–Crippen MR) is 221 cm³/mol. The summed E-state index contributed by atoms with van der Waals surface area (Å²) in [7, 11) is 0. The smallest absolute Gasteiger partial charge is 0.270 e. The molecule has 3 aliphatic heterocycles. The van der Waals surface area contributed by atoms with Gasteiger partial charge in [-0.3, -0.25) is 48.6 Å². The second-order valence-electron chi connectivity index (χ2n) is 14.9. The van der Waals surface area contributed by atoms with E-state index < -0.39 is 53.3 Å². The molecule has 2 N–H and O–H groups in total. The van der Waals surface area contributed by atoms with E-state index in [1.807, 2.05) is 0 Å². The van der Waals surface area contributed by atoms with Crippen molar-refractivity contribution < 1.29 is 61.3 Å². The summed E-state index contributed by atoms with van der Waals surface area (Å²) in [6.07, 6.45) is 0.212. The Balaban J connectivity index is 0.841. The number of benzene rings is 3. The number of hydrogen-bond acceptors (Lipinski definition) is 12. The average molecular weight is 868 g/mol. The maximum Gasteiger partial charge on any atom is 0.270 e. The zero-order valence-electron chi connectivity index (χ0n) is 34.4. The lowest BCUT2D eigenvalue weighted by molar-refractivity contribution is -0.136. The number of carbonyl (C=O) groups is 8. The number of ketones is 2. The van der Waals surface area contributed by atoms with E-state index in [0.717, 1.165) is 22.9 Å². The van der Waals surface area contributed by atoms with Crippen LogP contribution in [0.2, 0.25) is 0 Å². The van der Waals surface area contributed by atoms with E-state index >= 15 is 0 Å². The monoisotopic (exact) mass is 867 g/mol. The van der Waals surface area contributed by atoms with E-state index in [-0.39, 0.29) is 111 Å². The third-order valence-corrected chi connectivity index (χ3v) is 10.1. The van der Waals surface area contributed by atoms with Gasteiger partial charge in [0.15, 0.2) is 17.5 Å². The number of halogens is 2. The van der Waals surface area contributed by atoms with Gasteiger partial charge >= 0.3 is 0 Å². The first-order chi connectivity index (χ1) is 30.1. The number of anilines is 2. The molecule has 328 valence electrons. The zero-order valence-corrected chi connectivity index (χ0v) is 34.4. The second-order valence-corrected chi connectivity index (χ2v) is 14.9. The molecule has 6 amide bonds. The number of piperidine rings is 1. The number of fused-ring (bicyclic) bond motifs is 1. The van der Waals surface area contributed by atoms with Crippen LogP contribution in [0.4, 0.5) is 20.2 Å². The van der Waals surface area contributed by atoms with Gasteiger partial charge < -0.3 is 19.5 Å². The van der Waals surface area contributed by atoms with Crippen molar-refractivity contribution in [2.24, 2.45) is 11.0 Å². The molecule has 0 radical (unpaired) electrons. The van der Waals surface area contributed by atoms with E-state index in [1.54, 1.807) is 36.4 Å². The van der Waals surface area contributed by atoms with Crippen LogP contribution in [0.1, 0.15) is 76.9 Å². The molecule has 0 saturated carbocycles. The van der Waals surface area contributed by atoms with Crippen LogP contribution in [0.3, 0.4) is 0 Å². The lowest BCUT2D eigenvalue weighted by atomic mass is 9.99. The molecule has 3 heterocycles. The van der Waals surface area contributed by atoms with Gasteiger partial charge in [-0.1, -0.05) is 42.2 Å². The Labute approximate surface area is 360 Å². The number of hydrogen-bond donors (Lipinski definition) is 2. The molecule has 3 aliphatic rings. The highest BCUT2D eigenvalue weighted by atomic mass is 19.3. The molecule has 2 unspecified atom stereocenters. The maximum atomic E-state index is 13.8. The Morgan fingerprint density at radius 1 is 0.889 bits per heavy atom.